The van der Waals surface area contributed by atoms with E-state index in [9.17, 15) is 23.1 Å². The maximum atomic E-state index is 14.2. The van der Waals surface area contributed by atoms with Gasteiger partial charge in [-0.1, -0.05) is 32.4 Å². The number of carbonyl (C=O) groups is 1. The molecule has 2 saturated heterocycles. The minimum atomic E-state index is -4.69. The van der Waals surface area contributed by atoms with E-state index in [0.29, 0.717) is 37.0 Å². The summed E-state index contributed by atoms with van der Waals surface area (Å²) in [5, 5.41) is 9.81. The number of nitrogens with zero attached hydrogens (tertiary/aromatic N) is 4. The first-order valence-electron chi connectivity index (χ1n) is 12.6. The zero-order chi connectivity index (χ0) is 27.8. The van der Waals surface area contributed by atoms with Gasteiger partial charge in [-0.3, -0.25) is 4.79 Å². The van der Waals surface area contributed by atoms with Crippen LogP contribution < -0.4 is 19.3 Å². The Bertz CT molecular complexity index is 1170. The molecule has 12 heteroatoms. The fraction of sp³-hybridized carbons (Fsp3) is 0.577. The third-order valence-corrected chi connectivity index (χ3v) is 7.99. The summed E-state index contributed by atoms with van der Waals surface area (Å²) in [7, 11) is 1.51. The summed E-state index contributed by atoms with van der Waals surface area (Å²) < 4.78 is 53.5. The van der Waals surface area contributed by atoms with E-state index in [1.54, 1.807) is 11.0 Å². The van der Waals surface area contributed by atoms with Crippen LogP contribution in [0.4, 0.5) is 24.5 Å². The lowest BCUT2D eigenvalue weighted by atomic mass is 9.92. The average Bonchev–Trinajstić information content (AvgIpc) is 3.13. The second kappa shape index (κ2) is 11.0. The number of anilines is 2. The quantitative estimate of drug-likeness (QED) is 0.486. The lowest BCUT2D eigenvalue weighted by Crippen LogP contribution is -2.45. The number of piperidine rings is 1. The molecule has 0 saturated carbocycles. The molecule has 0 spiro atoms. The van der Waals surface area contributed by atoms with E-state index in [4.69, 9.17) is 21.1 Å². The minimum Gasteiger partial charge on any atom is -0.481 e. The van der Waals surface area contributed by atoms with Crippen molar-refractivity contribution in [3.05, 3.63) is 35.1 Å². The van der Waals surface area contributed by atoms with Gasteiger partial charge in [-0.2, -0.15) is 13.2 Å². The van der Waals surface area contributed by atoms with E-state index in [0.717, 1.165) is 11.8 Å². The maximum absolute atomic E-state index is 14.2. The van der Waals surface area contributed by atoms with Crippen LogP contribution in [0.25, 0.3) is 0 Å². The lowest BCUT2D eigenvalue weighted by molar-refractivity contribution is -0.140. The summed E-state index contributed by atoms with van der Waals surface area (Å²) in [5.41, 5.74) is 0.0244. The molecule has 8 nitrogen and oxygen atoms in total. The first-order valence-corrected chi connectivity index (χ1v) is 12.9. The Morgan fingerprint density at radius 1 is 1.16 bits per heavy atom. The third-order valence-electron chi connectivity index (χ3n) is 7.70. The van der Waals surface area contributed by atoms with E-state index in [1.807, 2.05) is 25.7 Å². The summed E-state index contributed by atoms with van der Waals surface area (Å²) in [6.07, 6.45) is -2.01. The molecule has 2 fully saturated rings. The largest absolute Gasteiger partial charge is 0.481 e. The fourth-order valence-electron chi connectivity index (χ4n) is 5.37. The van der Waals surface area contributed by atoms with Gasteiger partial charge in [-0.15, -0.1) is 0 Å². The van der Waals surface area contributed by atoms with Gasteiger partial charge in [0.25, 0.3) is 0 Å². The fourth-order valence-corrected chi connectivity index (χ4v) is 5.59. The first-order chi connectivity index (χ1) is 17.9. The van der Waals surface area contributed by atoms with Gasteiger partial charge < -0.3 is 24.4 Å². The molecule has 2 aliphatic rings. The monoisotopic (exact) mass is 556 g/mol. The number of rotatable bonds is 7. The van der Waals surface area contributed by atoms with Gasteiger partial charge in [-0.05, 0) is 17.9 Å². The van der Waals surface area contributed by atoms with E-state index < -0.39 is 35.7 Å². The molecule has 1 N–H and O–H groups in total. The van der Waals surface area contributed by atoms with E-state index in [-0.39, 0.29) is 29.9 Å². The van der Waals surface area contributed by atoms with Crippen molar-refractivity contribution < 1.29 is 32.5 Å². The molecule has 2 aliphatic heterocycles. The third kappa shape index (κ3) is 5.87. The summed E-state index contributed by atoms with van der Waals surface area (Å²) in [6.45, 7) is 7.29. The number of alkyl halides is 3. The highest BCUT2D eigenvalue weighted by Gasteiger charge is 2.41. The van der Waals surface area contributed by atoms with Crippen LogP contribution in [-0.2, 0) is 11.0 Å². The Morgan fingerprint density at radius 2 is 1.89 bits per heavy atom. The van der Waals surface area contributed by atoms with Crippen molar-refractivity contribution in [3.8, 4) is 11.8 Å². The van der Waals surface area contributed by atoms with Crippen molar-refractivity contribution in [1.82, 2.24) is 9.97 Å². The van der Waals surface area contributed by atoms with E-state index in [2.05, 4.69) is 9.97 Å². The van der Waals surface area contributed by atoms with Crippen LogP contribution in [-0.4, -0.2) is 59.9 Å². The number of pyridine rings is 2. The number of halogens is 4. The van der Waals surface area contributed by atoms with Gasteiger partial charge in [0.15, 0.2) is 0 Å². The predicted molar refractivity (Wildman–Crippen MR) is 137 cm³/mol. The van der Waals surface area contributed by atoms with Crippen molar-refractivity contribution in [2.75, 3.05) is 36.5 Å². The molecule has 4 heterocycles. The molecule has 2 aromatic rings. The maximum Gasteiger partial charge on any atom is 0.421 e. The molecule has 2 aromatic heterocycles. The molecule has 0 radical (unpaired) electrons. The highest BCUT2D eigenvalue weighted by atomic mass is 35.5. The van der Waals surface area contributed by atoms with Gasteiger partial charge in [-0.25, -0.2) is 9.97 Å². The highest BCUT2D eigenvalue weighted by Crippen LogP contribution is 2.42. The highest BCUT2D eigenvalue weighted by molar-refractivity contribution is 6.33. The van der Waals surface area contributed by atoms with Gasteiger partial charge in [0, 0.05) is 44.1 Å². The molecule has 0 bridgehead atoms. The Labute approximate surface area is 224 Å². The summed E-state index contributed by atoms with van der Waals surface area (Å²) >= 11 is 6.33. The van der Waals surface area contributed by atoms with E-state index in [1.165, 1.54) is 19.5 Å². The first kappa shape index (κ1) is 28.1. The molecular weight excluding hydrogens is 525 g/mol. The normalized spacial score (nSPS) is 25.9. The van der Waals surface area contributed by atoms with Crippen molar-refractivity contribution in [2.45, 2.75) is 51.9 Å². The number of aromatic nitrogens is 2. The summed E-state index contributed by atoms with van der Waals surface area (Å²) in [4.78, 5) is 23.4. The number of hydrogen-bond donors (Lipinski definition) is 1. The van der Waals surface area contributed by atoms with Crippen LogP contribution in [0, 0.1) is 17.8 Å². The molecule has 0 amide bonds. The Morgan fingerprint density at radius 3 is 2.53 bits per heavy atom. The Hall–Kier alpha value is -2.95. The summed E-state index contributed by atoms with van der Waals surface area (Å²) in [5.74, 6) is -1.02. The van der Waals surface area contributed by atoms with Crippen LogP contribution in [0.15, 0.2) is 24.5 Å². The molecule has 0 aromatic carbocycles. The van der Waals surface area contributed by atoms with Crippen LogP contribution in [0.1, 0.15) is 39.2 Å². The van der Waals surface area contributed by atoms with Crippen molar-refractivity contribution in [3.63, 3.8) is 0 Å². The van der Waals surface area contributed by atoms with Gasteiger partial charge >= 0.3 is 12.1 Å². The average molecular weight is 557 g/mol. The zero-order valence-corrected chi connectivity index (χ0v) is 22.5. The number of carboxylic acid groups (broad SMARTS) is 1. The predicted octanol–water partition coefficient (Wildman–Crippen LogP) is 5.39. The van der Waals surface area contributed by atoms with Gasteiger partial charge in [0.2, 0.25) is 11.8 Å². The zero-order valence-electron chi connectivity index (χ0n) is 21.7. The van der Waals surface area contributed by atoms with Crippen LogP contribution in [0.2, 0.25) is 5.02 Å². The molecular formula is C26H32ClF3N4O4. The second-order valence-corrected chi connectivity index (χ2v) is 10.7. The molecule has 38 heavy (non-hydrogen) atoms. The summed E-state index contributed by atoms with van der Waals surface area (Å²) in [6, 6.07) is 2.35. The van der Waals surface area contributed by atoms with E-state index >= 15 is 0 Å². The van der Waals surface area contributed by atoms with Gasteiger partial charge in [0.1, 0.15) is 11.7 Å². The molecule has 2 unspecified atom stereocenters. The Kier molecular flexibility index (Phi) is 8.15. The molecule has 208 valence electrons. The SMILES string of the molecule is COc1cc(N2CCC(Oc3ncc(N4C[C@H](C)[C@@H](C)[C@@H]4CC(=O)O)cc3C(F)(F)F)C(C)C2)c(Cl)cn1. The number of hydrogen-bond acceptors (Lipinski definition) is 7. The smallest absolute Gasteiger partial charge is 0.421 e. The number of aliphatic carboxylic acids is 1. The van der Waals surface area contributed by atoms with Crippen LogP contribution in [0.3, 0.4) is 0 Å². The van der Waals surface area contributed by atoms with Crippen LogP contribution in [0.5, 0.6) is 11.8 Å². The molecule has 0 aliphatic carbocycles. The number of carboxylic acids is 1. The topological polar surface area (TPSA) is 88.0 Å². The van der Waals surface area contributed by atoms with Gasteiger partial charge in [0.05, 0.1) is 42.3 Å². The van der Waals surface area contributed by atoms with Crippen molar-refractivity contribution in [1.29, 1.82) is 0 Å². The number of ether oxygens (including phenoxy) is 2. The molecule has 4 rings (SSSR count). The lowest BCUT2D eigenvalue weighted by Gasteiger charge is -2.38. The Balaban J connectivity index is 1.54. The standard InChI is InChI=1S/C26H32ClF3N4O4/c1-14-13-34(20(16(14)3)9-24(35)36)17-7-18(26(28,29)30)25(32-10-17)38-22-5-6-33(12-15(22)2)21-8-23(37-4)31-11-19(21)27/h7-8,10-11,14-16,20,22H,5-6,9,12-13H2,1-4H3,(H,35,36)/t14-,15?,16+,20-,22?/m0/s1. The second-order valence-electron chi connectivity index (χ2n) is 10.2. The molecule has 5 atom stereocenters. The number of methoxy groups -OCH3 is 1. The van der Waals surface area contributed by atoms with Crippen LogP contribution >= 0.6 is 11.6 Å². The van der Waals surface area contributed by atoms with Crippen molar-refractivity contribution in [2.24, 2.45) is 17.8 Å². The van der Waals surface area contributed by atoms with Crippen molar-refractivity contribution >= 4 is 28.9 Å². The minimum absolute atomic E-state index is 0.0104.